The van der Waals surface area contributed by atoms with Crippen LogP contribution in [-0.4, -0.2) is 5.78 Å². The first-order chi connectivity index (χ1) is 9.65. The summed E-state index contributed by atoms with van der Waals surface area (Å²) in [6.07, 6.45) is 8.18. The van der Waals surface area contributed by atoms with E-state index in [4.69, 9.17) is 0 Å². The largest absolute Gasteiger partial charge is 0.352 e. The Kier molecular flexibility index (Phi) is 19.5. The van der Waals surface area contributed by atoms with E-state index in [0.29, 0.717) is 11.3 Å². The van der Waals surface area contributed by atoms with Gasteiger partial charge in [-0.05, 0) is 13.0 Å². The highest BCUT2D eigenvalue weighted by molar-refractivity contribution is 6.13. The van der Waals surface area contributed by atoms with E-state index in [1.54, 1.807) is 30.4 Å². The zero-order valence-corrected chi connectivity index (χ0v) is 13.6. The smallest absolute Gasteiger partial charge is 0.210 e. The minimum Gasteiger partial charge on any atom is -0.352 e. The molecule has 0 atom stereocenters. The van der Waals surface area contributed by atoms with E-state index < -0.39 is 0 Å². The maximum Gasteiger partial charge on any atom is 0.210 e. The topological polar surface area (TPSA) is 29.1 Å². The molecule has 0 aliphatic carbocycles. The van der Waals surface area contributed by atoms with Gasteiger partial charge in [0.15, 0.2) is 0 Å². The van der Waals surface area contributed by atoms with E-state index in [0.717, 1.165) is 5.70 Å². The Balaban J connectivity index is -0.000000306. The molecule has 2 heteroatoms. The van der Waals surface area contributed by atoms with Gasteiger partial charge in [-0.1, -0.05) is 78.3 Å². The van der Waals surface area contributed by atoms with Crippen LogP contribution >= 0.6 is 0 Å². The van der Waals surface area contributed by atoms with Crippen LogP contribution in [0, 0.1) is 0 Å². The molecule has 0 fully saturated rings. The fourth-order valence-electron chi connectivity index (χ4n) is 1.10. The fraction of sp³-hybridized carbons (Fsp3) is 0.278. The van der Waals surface area contributed by atoms with Crippen molar-refractivity contribution in [3.63, 3.8) is 0 Å². The standard InChI is InChI=1S/C10H11NO.C4H6.2C2H6/c1-4-7-8(5-2)11-9(6-3)10(7)12;1-3-4-2;2*1-2/h4-6,11H,1-2H2,3H3;3-4H,1-2H2;2*1-2H3/b9-6+;;;. The number of carbonyl (C=O) groups excluding carboxylic acids is 1. The van der Waals surface area contributed by atoms with Crippen LogP contribution in [0.15, 0.2) is 73.7 Å². The molecular weight excluding hydrogens is 246 g/mol. The molecule has 0 spiro atoms. The van der Waals surface area contributed by atoms with E-state index in [1.807, 2.05) is 34.6 Å². The summed E-state index contributed by atoms with van der Waals surface area (Å²) < 4.78 is 0. The van der Waals surface area contributed by atoms with Crippen LogP contribution in [-0.2, 0) is 4.79 Å². The number of hydrogen-bond donors (Lipinski definition) is 1. The number of allylic oxidation sites excluding steroid dienone is 6. The molecular formula is C18H29NO. The van der Waals surface area contributed by atoms with E-state index >= 15 is 0 Å². The SMILES string of the molecule is C=CC1=C(C=C)C(=O)/C(=C\C)N1.C=CC=C.CC.CC. The van der Waals surface area contributed by atoms with Crippen molar-refractivity contribution in [2.45, 2.75) is 34.6 Å². The first-order valence-corrected chi connectivity index (χ1v) is 6.86. The summed E-state index contributed by atoms with van der Waals surface area (Å²) in [4.78, 5) is 11.4. The first-order valence-electron chi connectivity index (χ1n) is 6.86. The molecule has 0 bridgehead atoms. The molecule has 1 aliphatic rings. The minimum atomic E-state index is -0.0117. The summed E-state index contributed by atoms with van der Waals surface area (Å²) in [6, 6.07) is 0. The van der Waals surface area contributed by atoms with Crippen molar-refractivity contribution in [1.29, 1.82) is 0 Å². The third-order valence-electron chi connectivity index (χ3n) is 1.91. The van der Waals surface area contributed by atoms with Gasteiger partial charge in [-0.2, -0.15) is 0 Å². The third-order valence-corrected chi connectivity index (χ3v) is 1.91. The molecule has 0 radical (unpaired) electrons. The van der Waals surface area contributed by atoms with Gasteiger partial charge in [0, 0.05) is 11.3 Å². The maximum atomic E-state index is 11.4. The number of nitrogens with one attached hydrogen (secondary N) is 1. The molecule has 0 amide bonds. The lowest BCUT2D eigenvalue weighted by Crippen LogP contribution is -2.07. The van der Waals surface area contributed by atoms with E-state index in [2.05, 4.69) is 31.6 Å². The molecule has 0 unspecified atom stereocenters. The van der Waals surface area contributed by atoms with Crippen molar-refractivity contribution in [2.24, 2.45) is 0 Å². The normalized spacial score (nSPS) is 13.4. The van der Waals surface area contributed by atoms with Gasteiger partial charge in [0.2, 0.25) is 5.78 Å². The second kappa shape index (κ2) is 16.9. The highest BCUT2D eigenvalue weighted by atomic mass is 16.1. The Bertz CT molecular complexity index is 378. The highest BCUT2D eigenvalue weighted by Gasteiger charge is 2.22. The Labute approximate surface area is 125 Å². The predicted molar refractivity (Wildman–Crippen MR) is 92.4 cm³/mol. The molecule has 0 aromatic rings. The number of hydrogen-bond acceptors (Lipinski definition) is 2. The van der Waals surface area contributed by atoms with E-state index in [1.165, 1.54) is 0 Å². The molecule has 0 saturated carbocycles. The summed E-state index contributed by atoms with van der Waals surface area (Å²) in [7, 11) is 0. The van der Waals surface area contributed by atoms with Gasteiger partial charge in [-0.15, -0.1) is 0 Å². The van der Waals surface area contributed by atoms with Crippen molar-refractivity contribution < 1.29 is 4.79 Å². The van der Waals surface area contributed by atoms with Crippen molar-refractivity contribution in [1.82, 2.24) is 5.32 Å². The predicted octanol–water partition coefficient (Wildman–Crippen LogP) is 5.10. The Morgan fingerprint density at radius 2 is 1.35 bits per heavy atom. The molecule has 1 aliphatic heterocycles. The van der Waals surface area contributed by atoms with Gasteiger partial charge < -0.3 is 5.32 Å². The zero-order valence-electron chi connectivity index (χ0n) is 13.6. The molecule has 0 saturated heterocycles. The molecule has 20 heavy (non-hydrogen) atoms. The van der Waals surface area contributed by atoms with Crippen LogP contribution in [0.4, 0.5) is 0 Å². The highest BCUT2D eigenvalue weighted by Crippen LogP contribution is 2.18. The van der Waals surface area contributed by atoms with Gasteiger partial charge in [0.1, 0.15) is 0 Å². The van der Waals surface area contributed by atoms with E-state index in [-0.39, 0.29) is 5.78 Å². The van der Waals surface area contributed by atoms with Crippen LogP contribution in [0.5, 0.6) is 0 Å². The maximum absolute atomic E-state index is 11.4. The lowest BCUT2D eigenvalue weighted by molar-refractivity contribution is -0.111. The van der Waals surface area contributed by atoms with Crippen molar-refractivity contribution in [2.75, 3.05) is 0 Å². The molecule has 0 aromatic heterocycles. The minimum absolute atomic E-state index is 0.0117. The van der Waals surface area contributed by atoms with Crippen molar-refractivity contribution in [3.8, 4) is 0 Å². The average Bonchev–Trinajstić information content (AvgIpc) is 2.86. The number of Topliss-reactive ketones (excluding diaryl/α,β-unsaturated/α-hetero) is 1. The summed E-state index contributed by atoms with van der Waals surface area (Å²) in [6.45, 7) is 23.7. The molecule has 0 aromatic carbocycles. The lowest BCUT2D eigenvalue weighted by Gasteiger charge is -1.95. The summed E-state index contributed by atoms with van der Waals surface area (Å²) in [5, 5.41) is 2.94. The van der Waals surface area contributed by atoms with Gasteiger partial charge in [-0.25, -0.2) is 0 Å². The van der Waals surface area contributed by atoms with Crippen LogP contribution in [0.2, 0.25) is 0 Å². The number of carbonyl (C=O) groups is 1. The van der Waals surface area contributed by atoms with Gasteiger partial charge in [-0.3, -0.25) is 4.79 Å². The monoisotopic (exact) mass is 275 g/mol. The fourth-order valence-corrected chi connectivity index (χ4v) is 1.10. The number of ketones is 1. The number of rotatable bonds is 3. The van der Waals surface area contributed by atoms with Gasteiger partial charge >= 0.3 is 0 Å². The quantitative estimate of drug-likeness (QED) is 0.573. The summed E-state index contributed by atoms with van der Waals surface area (Å²) in [5.74, 6) is -0.0117. The molecule has 1 N–H and O–H groups in total. The second-order valence-electron chi connectivity index (χ2n) is 2.86. The molecule has 112 valence electrons. The average molecular weight is 275 g/mol. The zero-order chi connectivity index (χ0) is 16.6. The molecule has 1 rings (SSSR count). The van der Waals surface area contributed by atoms with Gasteiger partial charge in [0.05, 0.1) is 5.70 Å². The van der Waals surface area contributed by atoms with Crippen LogP contribution in [0.1, 0.15) is 34.6 Å². The van der Waals surface area contributed by atoms with Crippen LogP contribution < -0.4 is 5.32 Å². The van der Waals surface area contributed by atoms with Crippen molar-refractivity contribution >= 4 is 5.78 Å². The van der Waals surface area contributed by atoms with Crippen molar-refractivity contribution in [3.05, 3.63) is 73.7 Å². The Morgan fingerprint density at radius 1 is 0.900 bits per heavy atom. The first kappa shape index (κ1) is 23.0. The lowest BCUT2D eigenvalue weighted by atomic mass is 10.1. The molecule has 2 nitrogen and oxygen atoms in total. The Hall–Kier alpha value is -2.09. The van der Waals surface area contributed by atoms with E-state index in [9.17, 15) is 4.79 Å². The second-order valence-corrected chi connectivity index (χ2v) is 2.86. The summed E-state index contributed by atoms with van der Waals surface area (Å²) in [5.41, 5.74) is 1.93. The van der Waals surface area contributed by atoms with Crippen LogP contribution in [0.3, 0.4) is 0 Å². The summed E-state index contributed by atoms with van der Waals surface area (Å²) >= 11 is 0. The molecule has 1 heterocycles. The third kappa shape index (κ3) is 8.09. The Morgan fingerprint density at radius 3 is 1.55 bits per heavy atom. The van der Waals surface area contributed by atoms with Crippen LogP contribution in [0.25, 0.3) is 0 Å². The van der Waals surface area contributed by atoms with Gasteiger partial charge in [0.25, 0.3) is 0 Å².